The summed E-state index contributed by atoms with van der Waals surface area (Å²) < 4.78 is 0. The first-order valence-electron chi connectivity index (χ1n) is 7.30. The Balaban J connectivity index is 2.24. The Labute approximate surface area is 124 Å². The summed E-state index contributed by atoms with van der Waals surface area (Å²) in [5.74, 6) is -1.20. The maximum Gasteiger partial charge on any atom is 0.326 e. The van der Waals surface area contributed by atoms with E-state index in [0.717, 1.165) is 31.2 Å². The lowest BCUT2D eigenvalue weighted by Gasteiger charge is -2.29. The first-order chi connectivity index (χ1) is 10.1. The minimum Gasteiger partial charge on any atom is -0.480 e. The molecule has 1 aromatic carbocycles. The van der Waals surface area contributed by atoms with E-state index in [1.165, 1.54) is 6.08 Å². The second-order valence-electron chi connectivity index (χ2n) is 5.54. The van der Waals surface area contributed by atoms with E-state index in [9.17, 15) is 14.7 Å². The Hall–Kier alpha value is -2.10. The summed E-state index contributed by atoms with van der Waals surface area (Å²) >= 11 is 0. The Morgan fingerprint density at radius 1 is 1.29 bits per heavy atom. The van der Waals surface area contributed by atoms with Crippen LogP contribution in [0.2, 0.25) is 0 Å². The molecule has 0 heterocycles. The van der Waals surface area contributed by atoms with Gasteiger partial charge in [0.1, 0.15) is 6.04 Å². The molecular formula is C17H21NO3. The van der Waals surface area contributed by atoms with E-state index in [1.807, 2.05) is 30.3 Å². The zero-order valence-electron chi connectivity index (χ0n) is 12.0. The van der Waals surface area contributed by atoms with E-state index in [-0.39, 0.29) is 12.3 Å². The number of amides is 1. The summed E-state index contributed by atoms with van der Waals surface area (Å²) in [4.78, 5) is 24.0. The number of hydrogen-bond acceptors (Lipinski definition) is 2. The first-order valence-corrected chi connectivity index (χ1v) is 7.30. The van der Waals surface area contributed by atoms with Crippen molar-refractivity contribution in [2.75, 3.05) is 0 Å². The molecular weight excluding hydrogens is 266 g/mol. The predicted octanol–water partition coefficient (Wildman–Crippen LogP) is 2.64. The molecule has 0 spiro atoms. The molecule has 1 fully saturated rings. The Bertz CT molecular complexity index is 518. The van der Waals surface area contributed by atoms with Gasteiger partial charge in [0.2, 0.25) is 5.91 Å². The lowest BCUT2D eigenvalue weighted by Crippen LogP contribution is -2.49. The van der Waals surface area contributed by atoms with Crippen molar-refractivity contribution >= 4 is 11.9 Å². The quantitative estimate of drug-likeness (QED) is 0.790. The number of benzene rings is 1. The molecule has 1 aliphatic carbocycles. The van der Waals surface area contributed by atoms with Gasteiger partial charge in [0.25, 0.3) is 0 Å². The molecule has 0 saturated heterocycles. The Kier molecular flexibility index (Phi) is 4.78. The van der Waals surface area contributed by atoms with Crippen molar-refractivity contribution in [1.82, 2.24) is 5.32 Å². The molecule has 0 bridgehead atoms. The van der Waals surface area contributed by atoms with Gasteiger partial charge in [-0.1, -0.05) is 49.2 Å². The number of carbonyl (C=O) groups is 2. The third-order valence-electron chi connectivity index (χ3n) is 4.22. The topological polar surface area (TPSA) is 66.4 Å². The molecule has 2 N–H and O–H groups in total. The largest absolute Gasteiger partial charge is 0.480 e. The molecule has 0 radical (unpaired) electrons. The van der Waals surface area contributed by atoms with E-state index in [4.69, 9.17) is 0 Å². The molecule has 4 heteroatoms. The molecule has 1 amide bonds. The number of aliphatic carboxylic acids is 1. The summed E-state index contributed by atoms with van der Waals surface area (Å²) in [5.41, 5.74) is 0.388. The van der Waals surface area contributed by atoms with Crippen molar-refractivity contribution in [1.29, 1.82) is 0 Å². The fraction of sp³-hybridized carbons (Fsp3) is 0.412. The number of carboxylic acids is 1. The first kappa shape index (κ1) is 15.3. The summed E-state index contributed by atoms with van der Waals surface area (Å²) in [5, 5.41) is 11.9. The zero-order chi connectivity index (χ0) is 15.3. The molecule has 1 atom stereocenters. The van der Waals surface area contributed by atoms with Crippen LogP contribution in [0.5, 0.6) is 0 Å². The second-order valence-corrected chi connectivity index (χ2v) is 5.54. The van der Waals surface area contributed by atoms with E-state index >= 15 is 0 Å². The molecule has 2 rings (SSSR count). The van der Waals surface area contributed by atoms with Crippen molar-refractivity contribution in [2.45, 2.75) is 43.6 Å². The fourth-order valence-electron chi connectivity index (χ4n) is 3.07. The van der Waals surface area contributed by atoms with Crippen LogP contribution in [0.15, 0.2) is 43.0 Å². The van der Waals surface area contributed by atoms with Gasteiger partial charge in [-0.15, -0.1) is 6.58 Å². The summed E-state index contributed by atoms with van der Waals surface area (Å²) in [6.45, 7) is 3.55. The molecule has 4 nitrogen and oxygen atoms in total. The Morgan fingerprint density at radius 2 is 1.90 bits per heavy atom. The van der Waals surface area contributed by atoms with Crippen LogP contribution >= 0.6 is 0 Å². The number of nitrogens with one attached hydrogen (secondary N) is 1. The molecule has 112 valence electrons. The van der Waals surface area contributed by atoms with E-state index < -0.39 is 17.4 Å². The monoisotopic (exact) mass is 287 g/mol. The SMILES string of the molecule is C=CCC(NC(=O)C1(c2ccccc2)CCCC1)C(=O)O. The lowest BCUT2D eigenvalue weighted by molar-refractivity contribution is -0.142. The smallest absolute Gasteiger partial charge is 0.326 e. The molecule has 0 aromatic heterocycles. The molecule has 1 saturated carbocycles. The third-order valence-corrected chi connectivity index (χ3v) is 4.22. The molecule has 1 unspecified atom stereocenters. The minimum atomic E-state index is -1.02. The number of hydrogen-bond donors (Lipinski definition) is 2. The zero-order valence-corrected chi connectivity index (χ0v) is 12.0. The van der Waals surface area contributed by atoms with Gasteiger partial charge in [-0.3, -0.25) is 4.79 Å². The molecule has 1 aliphatic rings. The fourth-order valence-corrected chi connectivity index (χ4v) is 3.07. The van der Waals surface area contributed by atoms with Gasteiger partial charge in [-0.25, -0.2) is 4.79 Å². The number of carboxylic acid groups (broad SMARTS) is 1. The molecule has 0 aliphatic heterocycles. The van der Waals surface area contributed by atoms with E-state index in [0.29, 0.717) is 0 Å². The highest BCUT2D eigenvalue weighted by Crippen LogP contribution is 2.41. The van der Waals surface area contributed by atoms with Crippen molar-refractivity contribution in [3.8, 4) is 0 Å². The van der Waals surface area contributed by atoms with Crippen LogP contribution in [0.25, 0.3) is 0 Å². The van der Waals surface area contributed by atoms with Gasteiger partial charge in [-0.2, -0.15) is 0 Å². The average molecular weight is 287 g/mol. The van der Waals surface area contributed by atoms with Crippen molar-refractivity contribution in [3.05, 3.63) is 48.6 Å². The Morgan fingerprint density at radius 3 is 2.43 bits per heavy atom. The lowest BCUT2D eigenvalue weighted by atomic mass is 9.78. The second kappa shape index (κ2) is 6.57. The molecule has 21 heavy (non-hydrogen) atoms. The van der Waals surface area contributed by atoms with Gasteiger partial charge < -0.3 is 10.4 Å². The number of carbonyl (C=O) groups excluding carboxylic acids is 1. The molecule has 1 aromatic rings. The van der Waals surface area contributed by atoms with Crippen LogP contribution in [0.3, 0.4) is 0 Å². The summed E-state index contributed by atoms with van der Waals surface area (Å²) in [6, 6.07) is 8.75. The predicted molar refractivity (Wildman–Crippen MR) is 81.0 cm³/mol. The van der Waals surface area contributed by atoms with Crippen molar-refractivity contribution in [3.63, 3.8) is 0 Å². The van der Waals surface area contributed by atoms with Gasteiger partial charge in [0, 0.05) is 0 Å². The normalized spacial score (nSPS) is 17.9. The van der Waals surface area contributed by atoms with Gasteiger partial charge in [-0.05, 0) is 24.8 Å². The van der Waals surface area contributed by atoms with Crippen LogP contribution in [0, 0.1) is 0 Å². The maximum atomic E-state index is 12.7. The van der Waals surface area contributed by atoms with Crippen molar-refractivity contribution in [2.24, 2.45) is 0 Å². The van der Waals surface area contributed by atoms with Gasteiger partial charge in [0.05, 0.1) is 5.41 Å². The highest BCUT2D eigenvalue weighted by atomic mass is 16.4. The van der Waals surface area contributed by atoms with Crippen LogP contribution in [-0.4, -0.2) is 23.0 Å². The van der Waals surface area contributed by atoms with Crippen LogP contribution in [0.1, 0.15) is 37.7 Å². The van der Waals surface area contributed by atoms with Crippen LogP contribution in [-0.2, 0) is 15.0 Å². The van der Waals surface area contributed by atoms with Crippen molar-refractivity contribution < 1.29 is 14.7 Å². The van der Waals surface area contributed by atoms with Gasteiger partial charge in [0.15, 0.2) is 0 Å². The van der Waals surface area contributed by atoms with E-state index in [1.54, 1.807) is 0 Å². The average Bonchev–Trinajstić information content (AvgIpc) is 2.98. The third kappa shape index (κ3) is 3.15. The minimum absolute atomic E-state index is 0.180. The highest BCUT2D eigenvalue weighted by molar-refractivity contribution is 5.91. The highest BCUT2D eigenvalue weighted by Gasteiger charge is 2.43. The maximum absolute atomic E-state index is 12.7. The van der Waals surface area contributed by atoms with Crippen LogP contribution < -0.4 is 5.32 Å². The standard InChI is InChI=1S/C17H21NO3/c1-2-8-14(15(19)20)18-16(21)17(11-6-7-12-17)13-9-4-3-5-10-13/h2-5,9-10,14H,1,6-8,11-12H2,(H,18,21)(H,19,20). The summed E-state index contributed by atoms with van der Waals surface area (Å²) in [7, 11) is 0. The van der Waals surface area contributed by atoms with Gasteiger partial charge >= 0.3 is 5.97 Å². The van der Waals surface area contributed by atoms with E-state index in [2.05, 4.69) is 11.9 Å². The van der Waals surface area contributed by atoms with Crippen LogP contribution in [0.4, 0.5) is 0 Å². The number of rotatable bonds is 6. The summed E-state index contributed by atoms with van der Waals surface area (Å²) in [6.07, 6.45) is 5.25.